The Morgan fingerprint density at radius 3 is 1.09 bits per heavy atom. The first-order chi connectivity index (χ1) is 21.7. The molecule has 0 aliphatic carbocycles. The van der Waals surface area contributed by atoms with Crippen molar-refractivity contribution in [2.75, 3.05) is 33.5 Å². The molecule has 0 fully saturated rings. The van der Waals surface area contributed by atoms with E-state index in [0.717, 1.165) is 38.9 Å². The zero-order chi connectivity index (χ0) is 32.1. The molecule has 0 amide bonds. The van der Waals surface area contributed by atoms with Gasteiger partial charge in [-0.1, -0.05) is 140 Å². The van der Waals surface area contributed by atoms with Gasteiger partial charge in [0.15, 0.2) is 0 Å². The van der Waals surface area contributed by atoms with Crippen LogP contribution in [0, 0.1) is 0 Å². The normalized spacial score (nSPS) is 12.4. The maximum absolute atomic E-state index is 6.03. The summed E-state index contributed by atoms with van der Waals surface area (Å²) >= 11 is 0. The molecule has 0 aromatic heterocycles. The zero-order valence-electron chi connectivity index (χ0n) is 30.6. The van der Waals surface area contributed by atoms with E-state index >= 15 is 0 Å². The Labute approximate surface area is 289 Å². The Morgan fingerprint density at radius 2 is 0.756 bits per heavy atom. The van der Waals surface area contributed by atoms with Crippen molar-refractivity contribution < 1.29 is 9.47 Å². The molecule has 45 heavy (non-hydrogen) atoms. The van der Waals surface area contributed by atoms with Gasteiger partial charge in [-0.25, -0.2) is 0 Å². The van der Waals surface area contributed by atoms with Crippen LogP contribution in [0.3, 0.4) is 0 Å². The van der Waals surface area contributed by atoms with Gasteiger partial charge in [-0.3, -0.25) is 0 Å². The molecule has 0 aliphatic heterocycles. The number of halogens is 1. The molecule has 0 radical (unpaired) electrons. The van der Waals surface area contributed by atoms with Crippen LogP contribution >= 0.6 is 12.4 Å². The van der Waals surface area contributed by atoms with Gasteiger partial charge >= 0.3 is 0 Å². The average Bonchev–Trinajstić information content (AvgIpc) is 3.03. The van der Waals surface area contributed by atoms with Crippen molar-refractivity contribution in [3.63, 3.8) is 0 Å². The molecule has 266 valence electrons. The van der Waals surface area contributed by atoms with Crippen molar-refractivity contribution in [3.05, 3.63) is 48.6 Å². The van der Waals surface area contributed by atoms with Crippen LogP contribution in [0.4, 0.5) is 0 Å². The molecule has 0 unspecified atom stereocenters. The minimum absolute atomic E-state index is 0. The first-order valence-electron chi connectivity index (χ1n) is 19.1. The third-order valence-corrected chi connectivity index (χ3v) is 8.42. The fraction of sp³-hybridized carbons (Fsp3) is 0.805. The highest BCUT2D eigenvalue weighted by molar-refractivity contribution is 5.85. The van der Waals surface area contributed by atoms with E-state index in [1.165, 1.54) is 128 Å². The molecule has 0 saturated heterocycles. The highest BCUT2D eigenvalue weighted by atomic mass is 35.5. The third-order valence-electron chi connectivity index (χ3n) is 8.42. The van der Waals surface area contributed by atoms with E-state index in [2.05, 4.69) is 74.7 Å². The highest BCUT2D eigenvalue weighted by Gasteiger charge is 2.22. The number of hydrogen-bond donors (Lipinski definition) is 1. The molecule has 0 saturated carbocycles. The molecule has 0 atom stereocenters. The van der Waals surface area contributed by atoms with Crippen LogP contribution < -0.4 is 5.32 Å². The first-order valence-corrected chi connectivity index (χ1v) is 19.1. The van der Waals surface area contributed by atoms with E-state index in [-0.39, 0.29) is 17.9 Å². The maximum Gasteiger partial charge on any atom is 0.0668 e. The monoisotopic (exact) mass is 652 g/mol. The molecule has 3 nitrogen and oxygen atoms in total. The summed E-state index contributed by atoms with van der Waals surface area (Å²) in [7, 11) is 2.02. The van der Waals surface area contributed by atoms with Crippen LogP contribution in [0.15, 0.2) is 48.6 Å². The first kappa shape index (κ1) is 46.2. The Balaban J connectivity index is 0. The highest BCUT2D eigenvalue weighted by Crippen LogP contribution is 2.12. The number of likely N-dealkylation sites (N-methyl/N-ethyl adjacent to an activating group) is 1. The average molecular weight is 653 g/mol. The van der Waals surface area contributed by atoms with Crippen LogP contribution in [0.2, 0.25) is 0 Å². The molecular formula is C41H78ClNO2. The molecule has 0 aliphatic rings. The van der Waals surface area contributed by atoms with Gasteiger partial charge in [0.1, 0.15) is 0 Å². The van der Waals surface area contributed by atoms with Crippen molar-refractivity contribution in [1.29, 1.82) is 0 Å². The number of hydrogen-bond acceptors (Lipinski definition) is 3. The summed E-state index contributed by atoms with van der Waals surface area (Å²) in [5.74, 6) is 0. The van der Waals surface area contributed by atoms with Crippen molar-refractivity contribution in [2.45, 2.75) is 180 Å². The second-order valence-corrected chi connectivity index (χ2v) is 13.1. The summed E-state index contributed by atoms with van der Waals surface area (Å²) in [4.78, 5) is 0. The predicted molar refractivity (Wildman–Crippen MR) is 205 cm³/mol. The molecule has 0 spiro atoms. The van der Waals surface area contributed by atoms with Crippen molar-refractivity contribution in [1.82, 2.24) is 5.32 Å². The van der Waals surface area contributed by atoms with Gasteiger partial charge in [-0.15, -0.1) is 12.4 Å². The quantitative estimate of drug-likeness (QED) is 0.0546. The molecule has 0 heterocycles. The molecule has 0 aromatic carbocycles. The largest absolute Gasteiger partial charge is 0.379 e. The summed E-state index contributed by atoms with van der Waals surface area (Å²) < 4.78 is 12.1. The standard InChI is InChI=1S/C41H77NO2.ClH/c1-5-7-9-11-13-15-17-19-21-23-25-27-29-31-33-35-37-43-39-41(3,42-4)40-44-38-36-34-32-30-28-26-24-22-20-18-16-14-12-10-8-6-2;/h13-16,19-22,42H,5-12,17-18,23-40H2,1-4H3;1H/b15-13-,16-14-,21-19-,22-20-;. The second-order valence-electron chi connectivity index (χ2n) is 13.1. The third kappa shape index (κ3) is 37.5. The number of unbranched alkanes of at least 4 members (excludes halogenated alkanes) is 18. The van der Waals surface area contributed by atoms with E-state index in [0.29, 0.717) is 13.2 Å². The van der Waals surface area contributed by atoms with Gasteiger partial charge in [-0.05, 0) is 91.0 Å². The van der Waals surface area contributed by atoms with Crippen LogP contribution in [0.25, 0.3) is 0 Å². The summed E-state index contributed by atoms with van der Waals surface area (Å²) in [6, 6.07) is 0. The summed E-state index contributed by atoms with van der Waals surface area (Å²) in [5, 5.41) is 3.42. The van der Waals surface area contributed by atoms with Crippen molar-refractivity contribution >= 4 is 12.4 Å². The van der Waals surface area contributed by atoms with E-state index < -0.39 is 0 Å². The number of ether oxygens (including phenoxy) is 2. The fourth-order valence-corrected chi connectivity index (χ4v) is 5.17. The lowest BCUT2D eigenvalue weighted by Crippen LogP contribution is -2.48. The minimum atomic E-state index is -0.100. The van der Waals surface area contributed by atoms with Crippen LogP contribution in [0.5, 0.6) is 0 Å². The Kier molecular flexibility index (Phi) is 40.4. The number of rotatable bonds is 35. The molecule has 1 N–H and O–H groups in total. The van der Waals surface area contributed by atoms with Gasteiger partial charge in [0.05, 0.1) is 18.8 Å². The van der Waals surface area contributed by atoms with E-state index in [1.807, 2.05) is 7.05 Å². The lowest BCUT2D eigenvalue weighted by atomic mass is 10.1. The minimum Gasteiger partial charge on any atom is -0.379 e. The summed E-state index contributed by atoms with van der Waals surface area (Å²) in [6.07, 6.45) is 49.5. The van der Waals surface area contributed by atoms with Gasteiger partial charge in [-0.2, -0.15) is 0 Å². The van der Waals surface area contributed by atoms with Gasteiger partial charge in [0, 0.05) is 13.2 Å². The van der Waals surface area contributed by atoms with Crippen molar-refractivity contribution in [2.24, 2.45) is 0 Å². The fourth-order valence-electron chi connectivity index (χ4n) is 5.17. The zero-order valence-corrected chi connectivity index (χ0v) is 31.5. The van der Waals surface area contributed by atoms with Crippen molar-refractivity contribution in [3.8, 4) is 0 Å². The maximum atomic E-state index is 6.03. The van der Waals surface area contributed by atoms with Crippen LogP contribution in [0.1, 0.15) is 175 Å². The lowest BCUT2D eigenvalue weighted by molar-refractivity contribution is 0.0145. The van der Waals surface area contributed by atoms with Gasteiger partial charge in [0.2, 0.25) is 0 Å². The SMILES string of the molecule is CCCCC/C=C\C/C=C\CCCCCCCCOCC(C)(COCCCCCCCC/C=C\C/C=C\CCCCC)NC.Cl. The Hall–Kier alpha value is -0.870. The molecular weight excluding hydrogens is 574 g/mol. The van der Waals surface area contributed by atoms with Gasteiger partial charge in [0.25, 0.3) is 0 Å². The van der Waals surface area contributed by atoms with Crippen LogP contribution in [-0.2, 0) is 9.47 Å². The molecule has 0 rings (SSSR count). The van der Waals surface area contributed by atoms with E-state index in [1.54, 1.807) is 0 Å². The summed E-state index contributed by atoms with van der Waals surface area (Å²) in [6.45, 7) is 9.89. The predicted octanol–water partition coefficient (Wildman–Crippen LogP) is 13.0. The Bertz CT molecular complexity index is 620. The lowest BCUT2D eigenvalue weighted by Gasteiger charge is -2.28. The number of allylic oxidation sites excluding steroid dienone is 8. The van der Waals surface area contributed by atoms with Crippen LogP contribution in [-0.4, -0.2) is 39.0 Å². The van der Waals surface area contributed by atoms with E-state index in [4.69, 9.17) is 9.47 Å². The smallest absolute Gasteiger partial charge is 0.0668 e. The van der Waals surface area contributed by atoms with Gasteiger partial charge < -0.3 is 14.8 Å². The molecule has 0 aromatic rings. The second kappa shape index (κ2) is 39.3. The number of nitrogens with one attached hydrogen (secondary N) is 1. The summed E-state index contributed by atoms with van der Waals surface area (Å²) in [5.41, 5.74) is -0.100. The van der Waals surface area contributed by atoms with E-state index in [9.17, 15) is 0 Å². The molecule has 4 heteroatoms. The topological polar surface area (TPSA) is 30.5 Å². The molecule has 0 bridgehead atoms. The Morgan fingerprint density at radius 1 is 0.444 bits per heavy atom.